The van der Waals surface area contributed by atoms with Crippen molar-refractivity contribution in [1.82, 2.24) is 0 Å². The van der Waals surface area contributed by atoms with Crippen LogP contribution in [0.1, 0.15) is 0 Å². The first-order valence-electron chi connectivity index (χ1n) is 3.29. The minimum Gasteiger partial charge on any atom is -0.356 e. The predicted octanol–water partition coefficient (Wildman–Crippen LogP) is -19.4. The molecule has 0 spiro atoms. The molecule has 30 heteroatoms. The van der Waals surface area contributed by atoms with Crippen LogP contribution in [0.3, 0.4) is 0 Å². The van der Waals surface area contributed by atoms with Gasteiger partial charge in [-0.2, -0.15) is 0 Å². The van der Waals surface area contributed by atoms with E-state index < -0.39 is 30.5 Å². The van der Waals surface area contributed by atoms with Gasteiger partial charge in [-0.05, 0) is 0 Å². The van der Waals surface area contributed by atoms with Gasteiger partial charge in [0.1, 0.15) is 0 Å². The van der Waals surface area contributed by atoms with Crippen LogP contribution in [-0.2, 0) is 0 Å². The van der Waals surface area contributed by atoms with Gasteiger partial charge in [-0.25, -0.2) is 0 Å². The summed E-state index contributed by atoms with van der Waals surface area (Å²) in [5.41, 5.74) is 0. The van der Waals surface area contributed by atoms with Crippen molar-refractivity contribution in [3.63, 3.8) is 0 Å². The molecule has 0 radical (unpaired) electrons. The fourth-order valence-corrected chi connectivity index (χ4v) is 0. The van der Waals surface area contributed by atoms with Gasteiger partial charge in [0.05, 0.1) is 30.5 Å². The van der Waals surface area contributed by atoms with E-state index in [1.54, 1.807) is 0 Å². The van der Waals surface area contributed by atoms with Crippen molar-refractivity contribution in [2.45, 2.75) is 0 Å². The predicted molar refractivity (Wildman–Crippen MR) is 62.2 cm³/mol. The third-order valence-corrected chi connectivity index (χ3v) is 0. The van der Waals surface area contributed by atoms with Crippen molar-refractivity contribution in [1.29, 1.82) is 0 Å². The Labute approximate surface area is 294 Å². The molecule has 0 aliphatic heterocycles. The zero-order chi connectivity index (χ0) is 21.5. The molecular formula is N6Na6O18. The summed E-state index contributed by atoms with van der Waals surface area (Å²) in [6.45, 7) is 0. The van der Waals surface area contributed by atoms with Crippen molar-refractivity contribution in [2.75, 3.05) is 0 Å². The molecule has 0 saturated carbocycles. The topological polar surface area (TPSA) is 397 Å². The van der Waals surface area contributed by atoms with Crippen LogP contribution in [-0.4, -0.2) is 30.5 Å². The van der Waals surface area contributed by atoms with Gasteiger partial charge in [0, 0.05) is 0 Å². The van der Waals surface area contributed by atoms with E-state index in [1.807, 2.05) is 0 Å². The number of hydrogen-bond donors (Lipinski definition) is 0. The molecule has 0 bridgehead atoms. The van der Waals surface area contributed by atoms with E-state index in [4.69, 9.17) is 91.9 Å². The van der Waals surface area contributed by atoms with Gasteiger partial charge in [-0.1, -0.05) is 0 Å². The van der Waals surface area contributed by atoms with Gasteiger partial charge in [-0.15, -0.1) is 0 Å². The summed E-state index contributed by atoms with van der Waals surface area (Å²) in [5.74, 6) is 0. The van der Waals surface area contributed by atoms with Crippen molar-refractivity contribution in [2.24, 2.45) is 0 Å². The number of rotatable bonds is 0. The average Bonchev–Trinajstić information content (AvgIpc) is 2.08. The standard InChI is InChI=1S/6NO3.6Na/c6*2-1(3)4;;;;;;/q6*-1;6*+1. The first kappa shape index (κ1) is 77.2. The van der Waals surface area contributed by atoms with Gasteiger partial charge in [0.2, 0.25) is 0 Å². The smallest absolute Gasteiger partial charge is 0.356 e. The van der Waals surface area contributed by atoms with Gasteiger partial charge >= 0.3 is 177 Å². The van der Waals surface area contributed by atoms with Crippen LogP contribution in [0.4, 0.5) is 0 Å². The number of nitrogens with zero attached hydrogens (tertiary/aromatic N) is 6. The molecule has 144 valence electrons. The third kappa shape index (κ3) is 16100. The van der Waals surface area contributed by atoms with Gasteiger partial charge in [-0.3, -0.25) is 0 Å². The van der Waals surface area contributed by atoms with Crippen molar-refractivity contribution in [3.8, 4) is 0 Å². The van der Waals surface area contributed by atoms with Gasteiger partial charge < -0.3 is 91.9 Å². The van der Waals surface area contributed by atoms with Crippen LogP contribution in [0.15, 0.2) is 0 Å². The molecule has 0 amide bonds. The van der Waals surface area contributed by atoms with E-state index in [-0.39, 0.29) is 177 Å². The van der Waals surface area contributed by atoms with Crippen molar-refractivity contribution in [3.05, 3.63) is 91.9 Å². The molecule has 24 nitrogen and oxygen atoms in total. The van der Waals surface area contributed by atoms with Crippen LogP contribution in [0, 0.1) is 91.9 Å². The summed E-state index contributed by atoms with van der Waals surface area (Å²) < 4.78 is 0. The Balaban J connectivity index is -0.0000000125. The Hall–Kier alpha value is 1.20. The second-order valence-corrected chi connectivity index (χ2v) is 1.34. The van der Waals surface area contributed by atoms with E-state index in [2.05, 4.69) is 0 Å². The monoisotopic (exact) mass is 510 g/mol. The second kappa shape index (κ2) is 69.9. The van der Waals surface area contributed by atoms with Crippen LogP contribution < -0.4 is 177 Å². The van der Waals surface area contributed by atoms with E-state index in [9.17, 15) is 0 Å². The van der Waals surface area contributed by atoms with Gasteiger partial charge in [0.25, 0.3) is 0 Å². The summed E-state index contributed by atoms with van der Waals surface area (Å²) in [6, 6.07) is 0. The molecule has 0 N–H and O–H groups in total. The van der Waals surface area contributed by atoms with E-state index in [1.165, 1.54) is 0 Å². The third-order valence-electron chi connectivity index (χ3n) is 0. The van der Waals surface area contributed by atoms with Crippen LogP contribution in [0.25, 0.3) is 0 Å². The molecule has 30 heavy (non-hydrogen) atoms. The quantitative estimate of drug-likeness (QED) is 0.166. The Morgan fingerprint density at radius 1 is 0.233 bits per heavy atom. The summed E-state index contributed by atoms with van der Waals surface area (Å²) >= 11 is 0. The summed E-state index contributed by atoms with van der Waals surface area (Å²) in [7, 11) is 0. The molecule has 0 aromatic rings. The normalized spacial score (nSPS) is 4.80. The van der Waals surface area contributed by atoms with Crippen LogP contribution in [0.2, 0.25) is 0 Å². The van der Waals surface area contributed by atoms with Crippen molar-refractivity contribution >= 4 is 0 Å². The Bertz CT molecular complexity index is 272. The second-order valence-electron chi connectivity index (χ2n) is 1.34. The molecule has 0 aromatic carbocycles. The molecule has 0 unspecified atom stereocenters. The Kier molecular flexibility index (Phi) is 180. The minimum absolute atomic E-state index is 0. The van der Waals surface area contributed by atoms with E-state index in [0.717, 1.165) is 0 Å². The molecule has 0 atom stereocenters. The Morgan fingerprint density at radius 2 is 0.233 bits per heavy atom. The van der Waals surface area contributed by atoms with E-state index in [0.29, 0.717) is 0 Å². The zero-order valence-electron chi connectivity index (χ0n) is 16.0. The zero-order valence-corrected chi connectivity index (χ0v) is 28.0. The SMILES string of the molecule is O=[N+]([O-])[O-].O=[N+]([O-])[O-].O=[N+]([O-])[O-].O=[N+]([O-])[O-].O=[N+]([O-])[O-].O=[N+]([O-])[O-].[Na+].[Na+].[Na+].[Na+].[Na+].[Na+]. The largest absolute Gasteiger partial charge is 1.00 e. The minimum atomic E-state index is -1.75. The molecular weight excluding hydrogens is 510 g/mol. The maximum absolute atomic E-state index is 8.25. The number of hydrogen-bond acceptors (Lipinski definition) is 18. The molecule has 0 aliphatic rings. The van der Waals surface area contributed by atoms with Gasteiger partial charge in [0.15, 0.2) is 0 Å². The van der Waals surface area contributed by atoms with Crippen molar-refractivity contribution < 1.29 is 208 Å². The Morgan fingerprint density at radius 3 is 0.233 bits per heavy atom. The fourth-order valence-electron chi connectivity index (χ4n) is 0. The molecule has 0 rings (SSSR count). The summed E-state index contributed by atoms with van der Waals surface area (Å²) in [4.78, 5) is 49.5. The first-order valence-corrected chi connectivity index (χ1v) is 3.29. The molecule has 0 saturated heterocycles. The molecule has 0 aromatic heterocycles. The molecule has 0 fully saturated rings. The summed E-state index contributed by atoms with van der Waals surface area (Å²) in [6.07, 6.45) is 0. The summed E-state index contributed by atoms with van der Waals surface area (Å²) in [5, 5.41) is 88.5. The maximum Gasteiger partial charge on any atom is 1.00 e. The molecule has 0 heterocycles. The average molecular weight is 510 g/mol. The molecule has 0 aliphatic carbocycles. The van der Waals surface area contributed by atoms with Crippen LogP contribution in [0.5, 0.6) is 0 Å². The van der Waals surface area contributed by atoms with E-state index >= 15 is 0 Å². The fraction of sp³-hybridized carbons (Fsp3) is 0. The first-order chi connectivity index (χ1) is 10.4. The van der Waals surface area contributed by atoms with Crippen LogP contribution >= 0.6 is 0 Å². The maximum atomic E-state index is 8.25.